The zero-order chi connectivity index (χ0) is 16.1. The van der Waals surface area contributed by atoms with Crippen LogP contribution in [0, 0.1) is 0 Å². The molecule has 0 atom stereocenters. The van der Waals surface area contributed by atoms with Crippen molar-refractivity contribution in [3.8, 4) is 5.75 Å². The highest BCUT2D eigenvalue weighted by Gasteiger charge is 2.25. The second kappa shape index (κ2) is 7.94. The topological polar surface area (TPSA) is 64.0 Å². The fourth-order valence-corrected chi connectivity index (χ4v) is 3.41. The number of rotatable bonds is 6. The summed E-state index contributed by atoms with van der Waals surface area (Å²) in [6.45, 7) is 5.60. The highest BCUT2D eigenvalue weighted by atomic mass is 79.9. The molecule has 1 saturated heterocycles. The third kappa shape index (κ3) is 4.69. The Morgan fingerprint density at radius 3 is 2.68 bits per heavy atom. The first-order chi connectivity index (χ1) is 10.5. The van der Waals surface area contributed by atoms with Gasteiger partial charge in [0.15, 0.2) is 0 Å². The summed E-state index contributed by atoms with van der Waals surface area (Å²) < 4.78 is 1.01. The molecule has 2 rings (SSSR count). The molecular formula is C16H23BrN2O3. The lowest BCUT2D eigenvalue weighted by molar-refractivity contribution is -0.139. The van der Waals surface area contributed by atoms with Crippen LogP contribution in [0.5, 0.6) is 5.75 Å². The number of likely N-dealkylation sites (tertiary alicyclic amines) is 1. The molecule has 0 saturated carbocycles. The van der Waals surface area contributed by atoms with Crippen LogP contribution in [0.1, 0.15) is 25.3 Å². The molecule has 6 heteroatoms. The zero-order valence-electron chi connectivity index (χ0n) is 12.8. The first kappa shape index (κ1) is 17.2. The van der Waals surface area contributed by atoms with Crippen molar-refractivity contribution in [3.05, 3.63) is 28.2 Å². The maximum absolute atomic E-state index is 10.9. The number of nitrogens with zero attached hydrogens (tertiary/aromatic N) is 2. The van der Waals surface area contributed by atoms with E-state index in [0.717, 1.165) is 49.1 Å². The molecule has 0 unspecified atom stereocenters. The predicted octanol–water partition coefficient (Wildman–Crippen LogP) is 2.53. The van der Waals surface area contributed by atoms with Crippen LogP contribution in [0.2, 0.25) is 0 Å². The molecule has 5 nitrogen and oxygen atoms in total. The summed E-state index contributed by atoms with van der Waals surface area (Å²) >= 11 is 3.52. The second-order valence-corrected chi connectivity index (χ2v) is 6.59. The third-order valence-electron chi connectivity index (χ3n) is 4.24. The van der Waals surface area contributed by atoms with Crippen LogP contribution in [0.15, 0.2) is 22.7 Å². The Hall–Kier alpha value is -1.11. The highest BCUT2D eigenvalue weighted by molar-refractivity contribution is 9.10. The maximum atomic E-state index is 10.9. The monoisotopic (exact) mass is 370 g/mol. The smallest absolute Gasteiger partial charge is 0.317 e. The molecule has 2 N–H and O–H groups in total. The molecule has 0 radical (unpaired) electrons. The first-order valence-corrected chi connectivity index (χ1v) is 8.44. The summed E-state index contributed by atoms with van der Waals surface area (Å²) in [6.07, 6.45) is 1.97. The number of hydrogen-bond donors (Lipinski definition) is 2. The van der Waals surface area contributed by atoms with Crippen molar-refractivity contribution in [2.45, 2.75) is 32.4 Å². The number of likely N-dealkylation sites (N-methyl/N-ethyl adjacent to an activating group) is 1. The fraction of sp³-hybridized carbons (Fsp3) is 0.562. The van der Waals surface area contributed by atoms with Gasteiger partial charge in [-0.15, -0.1) is 0 Å². The average molecular weight is 371 g/mol. The summed E-state index contributed by atoms with van der Waals surface area (Å²) in [5.41, 5.74) is 1.08. The quantitative estimate of drug-likeness (QED) is 0.805. The van der Waals surface area contributed by atoms with Crippen molar-refractivity contribution in [1.29, 1.82) is 0 Å². The van der Waals surface area contributed by atoms with E-state index in [9.17, 15) is 9.90 Å². The van der Waals surface area contributed by atoms with E-state index < -0.39 is 5.97 Å². The van der Waals surface area contributed by atoms with Gasteiger partial charge in [-0.05, 0) is 56.2 Å². The van der Waals surface area contributed by atoms with Crippen molar-refractivity contribution in [2.24, 2.45) is 0 Å². The van der Waals surface area contributed by atoms with Gasteiger partial charge in [0, 0.05) is 17.1 Å². The van der Waals surface area contributed by atoms with Crippen LogP contribution in [0.25, 0.3) is 0 Å². The number of aliphatic carboxylic acids is 1. The van der Waals surface area contributed by atoms with E-state index in [-0.39, 0.29) is 12.3 Å². The van der Waals surface area contributed by atoms with Crippen LogP contribution in [-0.4, -0.2) is 58.2 Å². The molecule has 1 fully saturated rings. The summed E-state index contributed by atoms with van der Waals surface area (Å²) in [7, 11) is 0. The number of phenolic OH excluding ortho intramolecular Hbond substituents is 1. The Morgan fingerprint density at radius 1 is 1.41 bits per heavy atom. The largest absolute Gasteiger partial charge is 0.508 e. The second-order valence-electron chi connectivity index (χ2n) is 5.74. The molecule has 0 aromatic heterocycles. The van der Waals surface area contributed by atoms with Crippen molar-refractivity contribution in [1.82, 2.24) is 9.80 Å². The van der Waals surface area contributed by atoms with Crippen LogP contribution in [-0.2, 0) is 11.3 Å². The first-order valence-electron chi connectivity index (χ1n) is 7.65. The number of phenols is 1. The minimum atomic E-state index is -0.757. The number of aromatic hydroxyl groups is 1. The van der Waals surface area contributed by atoms with E-state index in [1.165, 1.54) is 0 Å². The van der Waals surface area contributed by atoms with Crippen molar-refractivity contribution >= 4 is 21.9 Å². The van der Waals surface area contributed by atoms with E-state index in [1.807, 2.05) is 17.9 Å². The van der Waals surface area contributed by atoms with Crippen molar-refractivity contribution < 1.29 is 15.0 Å². The van der Waals surface area contributed by atoms with Gasteiger partial charge in [-0.25, -0.2) is 0 Å². The molecule has 1 aliphatic rings. The van der Waals surface area contributed by atoms with E-state index in [0.29, 0.717) is 6.04 Å². The number of halogens is 1. The number of carboxylic acid groups (broad SMARTS) is 1. The van der Waals surface area contributed by atoms with E-state index in [4.69, 9.17) is 5.11 Å². The van der Waals surface area contributed by atoms with Gasteiger partial charge in [0.05, 0.1) is 6.54 Å². The number of carbonyl (C=O) groups is 1. The molecule has 22 heavy (non-hydrogen) atoms. The standard InChI is InChI=1S/C16H23BrN2O3/c1-2-19(11-16(21)22)13-5-7-18(8-6-13)10-12-9-14(20)3-4-15(12)17/h3-4,9,13,20H,2,5-8,10-11H2,1H3,(H,21,22). The minimum Gasteiger partial charge on any atom is -0.508 e. The molecule has 1 heterocycles. The van der Waals surface area contributed by atoms with Crippen LogP contribution in [0.3, 0.4) is 0 Å². The van der Waals surface area contributed by atoms with Crippen molar-refractivity contribution in [3.63, 3.8) is 0 Å². The lowest BCUT2D eigenvalue weighted by atomic mass is 10.0. The fourth-order valence-electron chi connectivity index (χ4n) is 3.04. The van der Waals surface area contributed by atoms with Gasteiger partial charge in [-0.3, -0.25) is 14.6 Å². The van der Waals surface area contributed by atoms with Crippen molar-refractivity contribution in [2.75, 3.05) is 26.2 Å². The van der Waals surface area contributed by atoms with E-state index in [1.54, 1.807) is 12.1 Å². The van der Waals surface area contributed by atoms with Gasteiger partial charge in [-0.1, -0.05) is 22.9 Å². The number of hydrogen-bond acceptors (Lipinski definition) is 4. The molecule has 1 aromatic rings. The average Bonchev–Trinajstić information content (AvgIpc) is 2.49. The van der Waals surface area contributed by atoms with Gasteiger partial charge in [-0.2, -0.15) is 0 Å². The normalized spacial score (nSPS) is 17.0. The Balaban J connectivity index is 1.89. The number of piperidine rings is 1. The molecule has 0 bridgehead atoms. The summed E-state index contributed by atoms with van der Waals surface area (Å²) in [6, 6.07) is 5.68. The van der Waals surface area contributed by atoms with Gasteiger partial charge < -0.3 is 10.2 Å². The Morgan fingerprint density at radius 2 is 2.09 bits per heavy atom. The SMILES string of the molecule is CCN(CC(=O)O)C1CCN(Cc2cc(O)ccc2Br)CC1. The van der Waals surface area contributed by atoms with Gasteiger partial charge in [0.1, 0.15) is 5.75 Å². The summed E-state index contributed by atoms with van der Waals surface area (Å²) in [4.78, 5) is 15.3. The Labute approximate surface area is 139 Å². The van der Waals surface area contributed by atoms with Crippen LogP contribution >= 0.6 is 15.9 Å². The van der Waals surface area contributed by atoms with Gasteiger partial charge in [0.2, 0.25) is 0 Å². The molecular weight excluding hydrogens is 348 g/mol. The van der Waals surface area contributed by atoms with Gasteiger partial charge >= 0.3 is 5.97 Å². The highest BCUT2D eigenvalue weighted by Crippen LogP contribution is 2.25. The maximum Gasteiger partial charge on any atom is 0.317 e. The third-order valence-corrected chi connectivity index (χ3v) is 5.01. The zero-order valence-corrected chi connectivity index (χ0v) is 14.4. The molecule has 0 spiro atoms. The molecule has 122 valence electrons. The lowest BCUT2D eigenvalue weighted by Crippen LogP contribution is -2.46. The Kier molecular flexibility index (Phi) is 6.23. The van der Waals surface area contributed by atoms with E-state index >= 15 is 0 Å². The molecule has 0 aliphatic carbocycles. The molecule has 1 aromatic carbocycles. The van der Waals surface area contributed by atoms with Gasteiger partial charge in [0.25, 0.3) is 0 Å². The summed E-state index contributed by atoms with van der Waals surface area (Å²) in [5, 5.41) is 18.6. The molecule has 0 amide bonds. The molecule has 1 aliphatic heterocycles. The number of benzene rings is 1. The van der Waals surface area contributed by atoms with Crippen LogP contribution in [0.4, 0.5) is 0 Å². The summed E-state index contributed by atoms with van der Waals surface area (Å²) in [5.74, 6) is -0.473. The lowest BCUT2D eigenvalue weighted by Gasteiger charge is -2.37. The Bertz CT molecular complexity index is 516. The minimum absolute atomic E-state index is 0.124. The predicted molar refractivity (Wildman–Crippen MR) is 89.0 cm³/mol. The number of carboxylic acids is 1. The van der Waals surface area contributed by atoms with Crippen LogP contribution < -0.4 is 0 Å². The van der Waals surface area contributed by atoms with E-state index in [2.05, 4.69) is 20.8 Å².